The molecule has 0 bridgehead atoms. The zero-order chi connectivity index (χ0) is 18.0. The van der Waals surface area contributed by atoms with Gasteiger partial charge in [0, 0.05) is 24.6 Å². The zero-order valence-corrected chi connectivity index (χ0v) is 17.1. The van der Waals surface area contributed by atoms with Crippen LogP contribution in [0.4, 0.5) is 5.69 Å². The molecule has 1 aliphatic carbocycles. The molecule has 1 atom stereocenters. The number of nitrogens with zero attached hydrogens (tertiary/aromatic N) is 2. The average Bonchev–Trinajstić information content (AvgIpc) is 2.65. The Kier molecular flexibility index (Phi) is 7.18. The van der Waals surface area contributed by atoms with E-state index in [-0.39, 0.29) is 24.2 Å². The van der Waals surface area contributed by atoms with E-state index in [1.807, 2.05) is 17.0 Å². The summed E-state index contributed by atoms with van der Waals surface area (Å²) in [4.78, 5) is 17.5. The number of carbonyl (C=O) groups excluding carboxylic acids is 1. The maximum absolute atomic E-state index is 13.3. The van der Waals surface area contributed by atoms with Gasteiger partial charge in [0.05, 0.1) is 19.9 Å². The van der Waals surface area contributed by atoms with Crippen molar-refractivity contribution in [2.24, 2.45) is 5.92 Å². The Bertz CT molecular complexity index is 630. The van der Waals surface area contributed by atoms with Crippen LogP contribution in [-0.2, 0) is 11.2 Å². The van der Waals surface area contributed by atoms with Crippen molar-refractivity contribution < 1.29 is 14.3 Å². The highest BCUT2D eigenvalue weighted by atomic mass is 35.5. The van der Waals surface area contributed by atoms with E-state index >= 15 is 0 Å². The van der Waals surface area contributed by atoms with Gasteiger partial charge < -0.3 is 19.3 Å². The highest BCUT2D eigenvalue weighted by Gasteiger charge is 2.34. The minimum absolute atomic E-state index is 0. The molecule has 1 aliphatic heterocycles. The van der Waals surface area contributed by atoms with Crippen LogP contribution in [0.3, 0.4) is 0 Å². The molecule has 1 unspecified atom stereocenters. The Morgan fingerprint density at radius 2 is 1.69 bits per heavy atom. The third kappa shape index (κ3) is 4.09. The van der Waals surface area contributed by atoms with Crippen LogP contribution in [0.2, 0.25) is 0 Å². The van der Waals surface area contributed by atoms with Crippen LogP contribution in [0.25, 0.3) is 0 Å². The van der Waals surface area contributed by atoms with Crippen LogP contribution in [0.15, 0.2) is 12.1 Å². The van der Waals surface area contributed by atoms with Crippen molar-refractivity contribution in [3.63, 3.8) is 0 Å². The second-order valence-corrected chi connectivity index (χ2v) is 7.44. The van der Waals surface area contributed by atoms with Crippen LogP contribution in [0.1, 0.15) is 37.7 Å². The van der Waals surface area contributed by atoms with Gasteiger partial charge in [0.25, 0.3) is 0 Å². The zero-order valence-electron chi connectivity index (χ0n) is 16.3. The lowest BCUT2D eigenvalue weighted by Gasteiger charge is -2.40. The molecule has 5 nitrogen and oxygen atoms in total. The van der Waals surface area contributed by atoms with Crippen LogP contribution in [0.5, 0.6) is 11.5 Å². The van der Waals surface area contributed by atoms with Gasteiger partial charge in [-0.15, -0.1) is 12.4 Å². The fraction of sp³-hybridized carbons (Fsp3) is 0.650. The maximum atomic E-state index is 13.3. The standard InChI is InChI=1S/C20H30N2O3.ClH/c1-21(2)16-10-15-11-18(24-3)19(25-4)12-17(15)22(13-16)20(23)14-8-6-5-7-9-14;/h11-12,14,16H,5-10,13H2,1-4H3;1H. The monoisotopic (exact) mass is 382 g/mol. The maximum Gasteiger partial charge on any atom is 0.230 e. The highest BCUT2D eigenvalue weighted by Crippen LogP contribution is 2.40. The number of rotatable bonds is 4. The number of hydrogen-bond acceptors (Lipinski definition) is 4. The minimum Gasteiger partial charge on any atom is -0.493 e. The Morgan fingerprint density at radius 1 is 1.08 bits per heavy atom. The summed E-state index contributed by atoms with van der Waals surface area (Å²) in [6.07, 6.45) is 6.54. The number of ether oxygens (including phenoxy) is 2. The van der Waals surface area contributed by atoms with Gasteiger partial charge in [-0.05, 0) is 45.0 Å². The highest BCUT2D eigenvalue weighted by molar-refractivity contribution is 5.97. The fourth-order valence-electron chi connectivity index (χ4n) is 4.08. The summed E-state index contributed by atoms with van der Waals surface area (Å²) in [5.74, 6) is 1.85. The lowest BCUT2D eigenvalue weighted by molar-refractivity contribution is -0.123. The second kappa shape index (κ2) is 8.96. The minimum atomic E-state index is 0. The lowest BCUT2D eigenvalue weighted by Crippen LogP contribution is -2.50. The molecule has 1 saturated carbocycles. The number of methoxy groups -OCH3 is 2. The quantitative estimate of drug-likeness (QED) is 0.798. The van der Waals surface area contributed by atoms with E-state index < -0.39 is 0 Å². The first-order chi connectivity index (χ1) is 12.0. The molecule has 1 aromatic rings. The molecule has 3 rings (SSSR count). The van der Waals surface area contributed by atoms with Gasteiger partial charge in [-0.25, -0.2) is 0 Å². The summed E-state index contributed by atoms with van der Waals surface area (Å²) >= 11 is 0. The molecule has 0 radical (unpaired) electrons. The number of benzene rings is 1. The molecule has 146 valence electrons. The fourth-order valence-corrected chi connectivity index (χ4v) is 4.08. The molecule has 1 heterocycles. The van der Waals surface area contributed by atoms with E-state index in [9.17, 15) is 4.79 Å². The predicted molar refractivity (Wildman–Crippen MR) is 107 cm³/mol. The summed E-state index contributed by atoms with van der Waals surface area (Å²) in [5.41, 5.74) is 2.15. The Hall–Kier alpha value is -1.46. The molecular weight excluding hydrogens is 352 g/mol. The van der Waals surface area contributed by atoms with Gasteiger partial charge in [0.15, 0.2) is 11.5 Å². The topological polar surface area (TPSA) is 42.0 Å². The van der Waals surface area contributed by atoms with Crippen molar-refractivity contribution in [3.05, 3.63) is 17.7 Å². The van der Waals surface area contributed by atoms with Crippen molar-refractivity contribution >= 4 is 24.0 Å². The second-order valence-electron chi connectivity index (χ2n) is 7.44. The number of likely N-dealkylation sites (N-methyl/N-ethyl adjacent to an activating group) is 1. The molecule has 0 N–H and O–H groups in total. The number of amides is 1. The van der Waals surface area contributed by atoms with Gasteiger partial charge in [0.1, 0.15) is 0 Å². The van der Waals surface area contributed by atoms with E-state index in [1.165, 1.54) is 19.3 Å². The Labute approximate surface area is 163 Å². The van der Waals surface area contributed by atoms with Crippen molar-refractivity contribution in [2.45, 2.75) is 44.6 Å². The SMILES string of the molecule is COc1cc2c(cc1OC)N(C(=O)C1CCCCC1)CC(N(C)C)C2.Cl. The molecule has 1 amide bonds. The first-order valence-corrected chi connectivity index (χ1v) is 9.27. The van der Waals surface area contributed by atoms with E-state index in [2.05, 4.69) is 19.0 Å². The molecule has 2 aliphatic rings. The van der Waals surface area contributed by atoms with E-state index in [1.54, 1.807) is 14.2 Å². The molecular formula is C20H31ClN2O3. The van der Waals surface area contributed by atoms with Gasteiger partial charge >= 0.3 is 0 Å². The molecule has 0 saturated heterocycles. The van der Waals surface area contributed by atoms with Crippen molar-refractivity contribution in [3.8, 4) is 11.5 Å². The third-order valence-corrected chi connectivity index (χ3v) is 5.68. The summed E-state index contributed by atoms with van der Waals surface area (Å²) in [5, 5.41) is 0. The number of anilines is 1. The van der Waals surface area contributed by atoms with Gasteiger partial charge in [0.2, 0.25) is 5.91 Å². The molecule has 1 aromatic carbocycles. The predicted octanol–water partition coefficient (Wildman–Crippen LogP) is 3.53. The van der Waals surface area contributed by atoms with Crippen LogP contribution in [-0.4, -0.2) is 51.7 Å². The molecule has 26 heavy (non-hydrogen) atoms. The average molecular weight is 383 g/mol. The van der Waals surface area contributed by atoms with Crippen LogP contribution < -0.4 is 14.4 Å². The van der Waals surface area contributed by atoms with E-state index in [0.717, 1.165) is 42.8 Å². The van der Waals surface area contributed by atoms with Gasteiger partial charge in [-0.2, -0.15) is 0 Å². The summed E-state index contributed by atoms with van der Waals surface area (Å²) in [6.45, 7) is 0.741. The Morgan fingerprint density at radius 3 is 2.27 bits per heavy atom. The van der Waals surface area contributed by atoms with Crippen LogP contribution >= 0.6 is 12.4 Å². The first kappa shape index (κ1) is 20.8. The summed E-state index contributed by atoms with van der Waals surface area (Å²) in [7, 11) is 7.46. The lowest BCUT2D eigenvalue weighted by atomic mass is 9.87. The summed E-state index contributed by atoms with van der Waals surface area (Å²) in [6, 6.07) is 4.32. The van der Waals surface area contributed by atoms with Crippen molar-refractivity contribution in [2.75, 3.05) is 39.8 Å². The summed E-state index contributed by atoms with van der Waals surface area (Å²) < 4.78 is 10.9. The molecule has 6 heteroatoms. The Balaban J connectivity index is 0.00000243. The molecule has 1 fully saturated rings. The largest absolute Gasteiger partial charge is 0.493 e. The van der Waals surface area contributed by atoms with E-state index in [4.69, 9.17) is 9.47 Å². The molecule has 0 spiro atoms. The third-order valence-electron chi connectivity index (χ3n) is 5.68. The van der Waals surface area contributed by atoms with Crippen molar-refractivity contribution in [1.29, 1.82) is 0 Å². The first-order valence-electron chi connectivity index (χ1n) is 9.27. The molecule has 0 aromatic heterocycles. The van der Waals surface area contributed by atoms with Crippen LogP contribution in [0, 0.1) is 5.92 Å². The number of fused-ring (bicyclic) bond motifs is 1. The van der Waals surface area contributed by atoms with Gasteiger partial charge in [-0.1, -0.05) is 19.3 Å². The smallest absolute Gasteiger partial charge is 0.230 e. The number of carbonyl (C=O) groups is 1. The van der Waals surface area contributed by atoms with Gasteiger partial charge in [-0.3, -0.25) is 4.79 Å². The number of halogens is 1. The van der Waals surface area contributed by atoms with E-state index in [0.29, 0.717) is 11.8 Å². The normalized spacial score (nSPS) is 20.3. The number of hydrogen-bond donors (Lipinski definition) is 0. The van der Waals surface area contributed by atoms with Crippen molar-refractivity contribution in [1.82, 2.24) is 4.90 Å².